The SMILES string of the molecule is COCCOCc1cc(NCc2cccs2)c2[nH]c(-c3ccccc3)cc2c1. The number of aromatic amines is 1. The van der Waals surface area contributed by atoms with Crippen molar-refractivity contribution in [1.82, 2.24) is 4.98 Å². The monoisotopic (exact) mass is 392 g/mol. The summed E-state index contributed by atoms with van der Waals surface area (Å²) in [6.07, 6.45) is 0. The second-order valence-corrected chi connectivity index (χ2v) is 7.67. The van der Waals surface area contributed by atoms with Crippen LogP contribution in [0.1, 0.15) is 10.4 Å². The van der Waals surface area contributed by atoms with E-state index in [1.165, 1.54) is 15.8 Å². The van der Waals surface area contributed by atoms with Gasteiger partial charge in [-0.3, -0.25) is 0 Å². The Bertz CT molecular complexity index is 1010. The molecule has 0 saturated heterocycles. The van der Waals surface area contributed by atoms with Crippen LogP contribution in [0.5, 0.6) is 0 Å². The first-order chi connectivity index (χ1) is 13.8. The Morgan fingerprint density at radius 1 is 1.00 bits per heavy atom. The number of aromatic nitrogens is 1. The highest BCUT2D eigenvalue weighted by molar-refractivity contribution is 7.09. The van der Waals surface area contributed by atoms with Gasteiger partial charge in [0.2, 0.25) is 0 Å². The zero-order valence-corrected chi connectivity index (χ0v) is 16.7. The first-order valence-electron chi connectivity index (χ1n) is 9.37. The number of anilines is 1. The molecule has 4 nitrogen and oxygen atoms in total. The molecule has 2 aromatic carbocycles. The maximum Gasteiger partial charge on any atom is 0.0719 e. The minimum Gasteiger partial charge on any atom is -0.382 e. The molecular formula is C23H24N2O2S. The maximum atomic E-state index is 5.74. The fourth-order valence-electron chi connectivity index (χ4n) is 3.23. The molecule has 2 N–H and O–H groups in total. The van der Waals surface area contributed by atoms with Gasteiger partial charge in [-0.05, 0) is 40.8 Å². The van der Waals surface area contributed by atoms with E-state index in [-0.39, 0.29) is 0 Å². The van der Waals surface area contributed by atoms with Crippen LogP contribution in [0.25, 0.3) is 22.2 Å². The zero-order chi connectivity index (χ0) is 19.2. The van der Waals surface area contributed by atoms with Gasteiger partial charge in [0, 0.05) is 29.6 Å². The highest BCUT2D eigenvalue weighted by Crippen LogP contribution is 2.31. The molecule has 0 fully saturated rings. The second-order valence-electron chi connectivity index (χ2n) is 6.63. The number of methoxy groups -OCH3 is 1. The number of hydrogen-bond donors (Lipinski definition) is 2. The average Bonchev–Trinajstić information content (AvgIpc) is 3.40. The molecule has 0 radical (unpaired) electrons. The first-order valence-corrected chi connectivity index (χ1v) is 10.3. The summed E-state index contributed by atoms with van der Waals surface area (Å²) >= 11 is 1.76. The lowest BCUT2D eigenvalue weighted by atomic mass is 10.1. The number of H-pyrrole nitrogens is 1. The largest absolute Gasteiger partial charge is 0.382 e. The quantitative estimate of drug-likeness (QED) is 0.361. The molecule has 0 aliphatic heterocycles. The number of ether oxygens (including phenoxy) is 2. The molecule has 0 amide bonds. The van der Waals surface area contributed by atoms with Gasteiger partial charge in [-0.1, -0.05) is 36.4 Å². The minimum atomic E-state index is 0.568. The lowest BCUT2D eigenvalue weighted by Gasteiger charge is -2.10. The number of thiophene rings is 1. The standard InChI is InChI=1S/C23H24N2O2S/c1-26-9-10-27-16-17-12-19-14-21(18-6-3-2-4-7-18)25-23(19)22(13-17)24-15-20-8-5-11-28-20/h2-8,11-14,24-25H,9-10,15-16H2,1H3. The number of fused-ring (bicyclic) bond motifs is 1. The molecule has 2 heterocycles. The van der Waals surface area contributed by atoms with Crippen molar-refractivity contribution >= 4 is 27.9 Å². The summed E-state index contributed by atoms with van der Waals surface area (Å²) in [6.45, 7) is 2.57. The Kier molecular flexibility index (Phi) is 6.07. The number of rotatable bonds is 9. The van der Waals surface area contributed by atoms with Crippen molar-refractivity contribution in [2.75, 3.05) is 25.6 Å². The van der Waals surface area contributed by atoms with Crippen LogP contribution in [0, 0.1) is 0 Å². The van der Waals surface area contributed by atoms with Crippen molar-refractivity contribution in [3.63, 3.8) is 0 Å². The summed E-state index contributed by atoms with van der Waals surface area (Å²) < 4.78 is 10.8. The number of nitrogens with one attached hydrogen (secondary N) is 2. The molecule has 28 heavy (non-hydrogen) atoms. The molecule has 0 aliphatic rings. The van der Waals surface area contributed by atoms with Crippen molar-refractivity contribution < 1.29 is 9.47 Å². The van der Waals surface area contributed by atoms with Gasteiger partial charge in [0.25, 0.3) is 0 Å². The highest BCUT2D eigenvalue weighted by Gasteiger charge is 2.10. The molecule has 0 bridgehead atoms. The highest BCUT2D eigenvalue weighted by atomic mass is 32.1. The molecule has 5 heteroatoms. The molecule has 4 aromatic rings. The van der Waals surface area contributed by atoms with Gasteiger partial charge in [-0.2, -0.15) is 0 Å². The third-order valence-corrected chi connectivity index (χ3v) is 5.48. The summed E-state index contributed by atoms with van der Waals surface area (Å²) in [5.74, 6) is 0. The summed E-state index contributed by atoms with van der Waals surface area (Å²) in [4.78, 5) is 4.90. The zero-order valence-electron chi connectivity index (χ0n) is 15.9. The summed E-state index contributed by atoms with van der Waals surface area (Å²) in [6, 6.07) is 21.2. The van der Waals surface area contributed by atoms with E-state index in [1.807, 2.05) is 6.07 Å². The van der Waals surface area contributed by atoms with E-state index in [9.17, 15) is 0 Å². The van der Waals surface area contributed by atoms with Crippen LogP contribution in [0.15, 0.2) is 66.0 Å². The van der Waals surface area contributed by atoms with Crippen molar-refractivity contribution in [2.24, 2.45) is 0 Å². The molecular weight excluding hydrogens is 368 g/mol. The van der Waals surface area contributed by atoms with E-state index in [0.29, 0.717) is 19.8 Å². The molecule has 4 rings (SSSR count). The van der Waals surface area contributed by atoms with E-state index >= 15 is 0 Å². The van der Waals surface area contributed by atoms with Crippen LogP contribution in [-0.4, -0.2) is 25.3 Å². The van der Waals surface area contributed by atoms with Crippen molar-refractivity contribution in [3.05, 3.63) is 76.5 Å². The lowest BCUT2D eigenvalue weighted by Crippen LogP contribution is -2.03. The van der Waals surface area contributed by atoms with Crippen LogP contribution < -0.4 is 5.32 Å². The number of benzene rings is 2. The molecule has 2 aromatic heterocycles. The van der Waals surface area contributed by atoms with E-state index in [0.717, 1.165) is 29.0 Å². The number of hydrogen-bond acceptors (Lipinski definition) is 4. The Balaban J connectivity index is 1.64. The van der Waals surface area contributed by atoms with E-state index in [1.54, 1.807) is 18.4 Å². The van der Waals surface area contributed by atoms with Crippen molar-refractivity contribution in [1.29, 1.82) is 0 Å². The van der Waals surface area contributed by atoms with Crippen LogP contribution in [0.4, 0.5) is 5.69 Å². The predicted octanol–water partition coefficient (Wildman–Crippen LogP) is 5.67. The van der Waals surface area contributed by atoms with Crippen LogP contribution >= 0.6 is 11.3 Å². The Morgan fingerprint density at radius 2 is 1.89 bits per heavy atom. The van der Waals surface area contributed by atoms with Crippen molar-refractivity contribution in [2.45, 2.75) is 13.2 Å². The van der Waals surface area contributed by atoms with Gasteiger partial charge in [-0.15, -0.1) is 11.3 Å². The Labute approximate surface area is 169 Å². The van der Waals surface area contributed by atoms with Crippen molar-refractivity contribution in [3.8, 4) is 11.3 Å². The molecule has 0 aliphatic carbocycles. The molecule has 144 valence electrons. The summed E-state index contributed by atoms with van der Waals surface area (Å²) in [7, 11) is 1.69. The molecule has 0 saturated carbocycles. The minimum absolute atomic E-state index is 0.568. The van der Waals surface area contributed by atoms with E-state index in [2.05, 4.69) is 70.3 Å². The maximum absolute atomic E-state index is 5.74. The molecule has 0 atom stereocenters. The Morgan fingerprint density at radius 3 is 2.68 bits per heavy atom. The van der Waals surface area contributed by atoms with Gasteiger partial charge in [-0.25, -0.2) is 0 Å². The molecule has 0 spiro atoms. The van der Waals surface area contributed by atoms with Gasteiger partial charge in [0.15, 0.2) is 0 Å². The van der Waals surface area contributed by atoms with Crippen LogP contribution in [-0.2, 0) is 22.6 Å². The van der Waals surface area contributed by atoms with Gasteiger partial charge < -0.3 is 19.8 Å². The third-order valence-electron chi connectivity index (χ3n) is 4.61. The lowest BCUT2D eigenvalue weighted by molar-refractivity contribution is 0.0617. The normalized spacial score (nSPS) is 11.2. The first kappa shape index (κ1) is 18.7. The third kappa shape index (κ3) is 4.44. The fraction of sp³-hybridized carbons (Fsp3) is 0.217. The van der Waals surface area contributed by atoms with Gasteiger partial charge in [0.05, 0.1) is 31.0 Å². The van der Waals surface area contributed by atoms with Crippen LogP contribution in [0.2, 0.25) is 0 Å². The van der Waals surface area contributed by atoms with Gasteiger partial charge >= 0.3 is 0 Å². The molecule has 0 unspecified atom stereocenters. The summed E-state index contributed by atoms with van der Waals surface area (Å²) in [5.41, 5.74) is 5.67. The van der Waals surface area contributed by atoms with E-state index < -0.39 is 0 Å². The second kappa shape index (κ2) is 9.06. The Hall–Kier alpha value is -2.60. The average molecular weight is 393 g/mol. The van der Waals surface area contributed by atoms with Crippen LogP contribution in [0.3, 0.4) is 0 Å². The topological polar surface area (TPSA) is 46.3 Å². The fourth-order valence-corrected chi connectivity index (χ4v) is 3.87. The smallest absolute Gasteiger partial charge is 0.0719 e. The summed E-state index contributed by atoms with van der Waals surface area (Å²) in [5, 5.41) is 6.88. The van der Waals surface area contributed by atoms with Gasteiger partial charge in [0.1, 0.15) is 0 Å². The predicted molar refractivity (Wildman–Crippen MR) is 117 cm³/mol. The van der Waals surface area contributed by atoms with E-state index in [4.69, 9.17) is 9.47 Å².